The summed E-state index contributed by atoms with van der Waals surface area (Å²) < 4.78 is 12.5. The predicted molar refractivity (Wildman–Crippen MR) is 59.1 cm³/mol. The Morgan fingerprint density at radius 3 is 2.40 bits per heavy atom. The van der Waals surface area contributed by atoms with Gasteiger partial charge in [0, 0.05) is 11.0 Å². The van der Waals surface area contributed by atoms with Gasteiger partial charge < -0.3 is 9.47 Å². The van der Waals surface area contributed by atoms with Gasteiger partial charge in [-0.1, -0.05) is 45.2 Å². The Morgan fingerprint density at radius 2 is 2.00 bits per heavy atom. The van der Waals surface area contributed by atoms with Crippen molar-refractivity contribution in [2.24, 2.45) is 0 Å². The monoisotopic (exact) mass is 370 g/mol. The molecular weight excluding hydrogens is 358 g/mol. The van der Waals surface area contributed by atoms with Crippen LogP contribution in [0.5, 0.6) is 0 Å². The third kappa shape index (κ3) is 6.11. The molecule has 0 rings (SSSR count). The van der Waals surface area contributed by atoms with Crippen LogP contribution in [0.2, 0.25) is 0 Å². The van der Waals surface area contributed by atoms with Crippen LogP contribution in [0.3, 0.4) is 0 Å². The van der Waals surface area contributed by atoms with E-state index in [2.05, 4.69) is 45.2 Å². The summed E-state index contributed by atoms with van der Waals surface area (Å²) in [6.45, 7) is 3.50. The summed E-state index contributed by atoms with van der Waals surface area (Å²) in [5.74, 6) is 0. The standard InChI is InChI=1S/C6H12I2O2/c1-2-9-6(5-8)10-4-3-7/h6H,2-5H2,1H3. The zero-order chi connectivity index (χ0) is 7.82. The van der Waals surface area contributed by atoms with E-state index >= 15 is 0 Å². The Balaban J connectivity index is 3.21. The second-order valence-corrected chi connectivity index (χ2v) is 3.56. The average molecular weight is 370 g/mol. The van der Waals surface area contributed by atoms with E-state index in [1.807, 2.05) is 6.92 Å². The third-order valence-electron chi connectivity index (χ3n) is 0.859. The van der Waals surface area contributed by atoms with E-state index in [-0.39, 0.29) is 6.29 Å². The van der Waals surface area contributed by atoms with E-state index in [1.54, 1.807) is 0 Å². The predicted octanol–water partition coefficient (Wildman–Crippen LogP) is 2.24. The van der Waals surface area contributed by atoms with E-state index in [9.17, 15) is 0 Å². The van der Waals surface area contributed by atoms with Crippen LogP contribution in [0.4, 0.5) is 0 Å². The first-order valence-corrected chi connectivity index (χ1v) is 6.25. The molecule has 0 aliphatic heterocycles. The topological polar surface area (TPSA) is 18.5 Å². The second-order valence-electron chi connectivity index (χ2n) is 1.60. The van der Waals surface area contributed by atoms with Gasteiger partial charge in [0.05, 0.1) is 11.0 Å². The molecule has 10 heavy (non-hydrogen) atoms. The maximum absolute atomic E-state index is 5.34. The molecule has 0 aromatic heterocycles. The first-order chi connectivity index (χ1) is 4.85. The molecule has 2 nitrogen and oxygen atoms in total. The summed E-state index contributed by atoms with van der Waals surface area (Å²) in [4.78, 5) is 0. The maximum atomic E-state index is 5.34. The van der Waals surface area contributed by atoms with Gasteiger partial charge >= 0.3 is 0 Å². The first kappa shape index (κ1) is 11.4. The average Bonchev–Trinajstić information content (AvgIpc) is 1.98. The summed E-state index contributed by atoms with van der Waals surface area (Å²) in [5, 5.41) is 0. The van der Waals surface area contributed by atoms with Crippen LogP contribution in [0.15, 0.2) is 0 Å². The zero-order valence-electron chi connectivity index (χ0n) is 5.98. The Bertz CT molecular complexity index is 70.8. The number of alkyl halides is 2. The molecule has 0 fully saturated rings. The van der Waals surface area contributed by atoms with Crippen LogP contribution in [0.1, 0.15) is 6.92 Å². The van der Waals surface area contributed by atoms with Gasteiger partial charge in [-0.3, -0.25) is 0 Å². The highest BCUT2D eigenvalue weighted by molar-refractivity contribution is 14.1. The maximum Gasteiger partial charge on any atom is 0.166 e. The molecule has 0 aromatic rings. The lowest BCUT2D eigenvalue weighted by molar-refractivity contribution is -0.117. The molecule has 0 spiro atoms. The van der Waals surface area contributed by atoms with Crippen LogP contribution in [-0.4, -0.2) is 28.4 Å². The van der Waals surface area contributed by atoms with Crippen molar-refractivity contribution in [3.63, 3.8) is 0 Å². The molecule has 0 saturated carbocycles. The SMILES string of the molecule is CCOC(CI)OCCI. The number of rotatable bonds is 6. The molecule has 0 bridgehead atoms. The minimum absolute atomic E-state index is 0.000339. The van der Waals surface area contributed by atoms with Gasteiger partial charge in [-0.05, 0) is 6.92 Å². The van der Waals surface area contributed by atoms with Crippen LogP contribution in [0, 0.1) is 0 Å². The molecule has 0 aromatic carbocycles. The van der Waals surface area contributed by atoms with Gasteiger partial charge in [0.25, 0.3) is 0 Å². The van der Waals surface area contributed by atoms with Gasteiger partial charge in [0.15, 0.2) is 6.29 Å². The molecule has 0 aliphatic carbocycles. The molecule has 0 radical (unpaired) electrons. The summed E-state index contributed by atoms with van der Waals surface area (Å²) in [6, 6.07) is 0. The van der Waals surface area contributed by atoms with E-state index in [1.165, 1.54) is 0 Å². The van der Waals surface area contributed by atoms with E-state index in [0.717, 1.165) is 22.1 Å². The van der Waals surface area contributed by atoms with Crippen molar-refractivity contribution < 1.29 is 9.47 Å². The van der Waals surface area contributed by atoms with Crippen molar-refractivity contribution in [1.82, 2.24) is 0 Å². The van der Waals surface area contributed by atoms with E-state index in [0.29, 0.717) is 0 Å². The highest BCUT2D eigenvalue weighted by atomic mass is 127. The fraction of sp³-hybridized carbons (Fsp3) is 1.00. The minimum atomic E-state index is 0.000339. The lowest BCUT2D eigenvalue weighted by Gasteiger charge is -2.13. The number of halogens is 2. The molecule has 0 saturated heterocycles. The Morgan fingerprint density at radius 1 is 1.30 bits per heavy atom. The van der Waals surface area contributed by atoms with Crippen molar-refractivity contribution in [3.8, 4) is 0 Å². The summed E-state index contributed by atoms with van der Waals surface area (Å²) in [7, 11) is 0. The highest BCUT2D eigenvalue weighted by Gasteiger charge is 2.03. The minimum Gasteiger partial charge on any atom is -0.352 e. The zero-order valence-corrected chi connectivity index (χ0v) is 10.3. The molecule has 62 valence electrons. The largest absolute Gasteiger partial charge is 0.352 e. The Kier molecular flexibility index (Phi) is 9.65. The van der Waals surface area contributed by atoms with Crippen LogP contribution < -0.4 is 0 Å². The van der Waals surface area contributed by atoms with Crippen LogP contribution in [-0.2, 0) is 9.47 Å². The quantitative estimate of drug-likeness (QED) is 0.406. The van der Waals surface area contributed by atoms with Gasteiger partial charge in [0.1, 0.15) is 0 Å². The van der Waals surface area contributed by atoms with E-state index in [4.69, 9.17) is 9.47 Å². The summed E-state index contributed by atoms with van der Waals surface area (Å²) in [5.41, 5.74) is 0. The summed E-state index contributed by atoms with van der Waals surface area (Å²) >= 11 is 4.54. The number of ether oxygens (including phenoxy) is 2. The number of hydrogen-bond donors (Lipinski definition) is 0. The van der Waals surface area contributed by atoms with Crippen LogP contribution >= 0.6 is 45.2 Å². The van der Waals surface area contributed by atoms with Gasteiger partial charge in [0.2, 0.25) is 0 Å². The van der Waals surface area contributed by atoms with E-state index < -0.39 is 0 Å². The van der Waals surface area contributed by atoms with Gasteiger partial charge in [-0.15, -0.1) is 0 Å². The molecule has 4 heteroatoms. The van der Waals surface area contributed by atoms with Gasteiger partial charge in [-0.25, -0.2) is 0 Å². The first-order valence-electron chi connectivity index (χ1n) is 3.20. The molecule has 0 N–H and O–H groups in total. The van der Waals surface area contributed by atoms with Crippen molar-refractivity contribution in [2.75, 3.05) is 22.1 Å². The fourth-order valence-corrected chi connectivity index (χ4v) is 1.26. The molecule has 0 amide bonds. The molecular formula is C6H12I2O2. The summed E-state index contributed by atoms with van der Waals surface area (Å²) in [6.07, 6.45) is 0.000339. The van der Waals surface area contributed by atoms with Gasteiger partial charge in [-0.2, -0.15) is 0 Å². The molecule has 1 atom stereocenters. The number of hydrogen-bond acceptors (Lipinski definition) is 2. The normalized spacial score (nSPS) is 13.5. The molecule has 1 unspecified atom stereocenters. The molecule has 0 heterocycles. The van der Waals surface area contributed by atoms with Crippen molar-refractivity contribution in [3.05, 3.63) is 0 Å². The van der Waals surface area contributed by atoms with Crippen LogP contribution in [0.25, 0.3) is 0 Å². The third-order valence-corrected chi connectivity index (χ3v) is 2.02. The van der Waals surface area contributed by atoms with Crippen molar-refractivity contribution >= 4 is 45.2 Å². The fourth-order valence-electron chi connectivity index (χ4n) is 0.499. The second kappa shape index (κ2) is 8.48. The Labute approximate surface area is 89.3 Å². The lowest BCUT2D eigenvalue weighted by atomic mass is 10.7. The van der Waals surface area contributed by atoms with Crippen molar-refractivity contribution in [2.45, 2.75) is 13.2 Å². The smallest absolute Gasteiger partial charge is 0.166 e. The lowest BCUT2D eigenvalue weighted by Crippen LogP contribution is -2.19. The molecule has 0 aliphatic rings. The Hall–Kier alpha value is 1.38. The highest BCUT2D eigenvalue weighted by Crippen LogP contribution is 2.00. The van der Waals surface area contributed by atoms with Crippen molar-refractivity contribution in [1.29, 1.82) is 0 Å².